The molecule has 1 aromatic carbocycles. The summed E-state index contributed by atoms with van der Waals surface area (Å²) in [5, 5.41) is 6.24. The van der Waals surface area contributed by atoms with Crippen molar-refractivity contribution < 1.29 is 9.32 Å². The Hall–Kier alpha value is -2.21. The molecule has 2 aromatic rings. The third-order valence-electron chi connectivity index (χ3n) is 4.94. The zero-order valence-electron chi connectivity index (χ0n) is 15.0. The highest BCUT2D eigenvalue weighted by molar-refractivity contribution is 5.89. The molecular formula is C19H26N4O2. The highest BCUT2D eigenvalue weighted by Gasteiger charge is 2.22. The molecule has 0 unspecified atom stereocenters. The maximum absolute atomic E-state index is 11.5. The number of nitrogens with zero attached hydrogens (tertiary/aromatic N) is 3. The van der Waals surface area contributed by atoms with E-state index in [1.807, 2.05) is 0 Å². The molecule has 1 fully saturated rings. The van der Waals surface area contributed by atoms with Crippen LogP contribution >= 0.6 is 0 Å². The van der Waals surface area contributed by atoms with Crippen molar-refractivity contribution in [3.8, 4) is 0 Å². The first-order chi connectivity index (χ1) is 12.2. The molecule has 0 spiro atoms. The SMILES string of the molecule is CNC(=O)c1noc(CN2CCC[C@@H](CCc3ccccc3C)C2)n1. The number of aryl methyl sites for hydroxylation is 2. The topological polar surface area (TPSA) is 71.3 Å². The second-order valence-electron chi connectivity index (χ2n) is 6.80. The summed E-state index contributed by atoms with van der Waals surface area (Å²) < 4.78 is 5.21. The Morgan fingerprint density at radius 1 is 1.40 bits per heavy atom. The number of rotatable bonds is 6. The third-order valence-corrected chi connectivity index (χ3v) is 4.94. The standard InChI is InChI=1S/C19H26N4O2/c1-14-6-3-4-8-16(14)10-9-15-7-5-11-23(12-15)13-17-21-18(22-25-17)19(24)20-2/h3-4,6,8,15H,5,7,9-13H2,1-2H3,(H,20,24)/t15-/m0/s1. The number of carbonyl (C=O) groups excluding carboxylic acids is 1. The van der Waals surface area contributed by atoms with Crippen molar-refractivity contribution in [2.24, 2.45) is 5.92 Å². The van der Waals surface area contributed by atoms with Gasteiger partial charge in [0.25, 0.3) is 11.7 Å². The summed E-state index contributed by atoms with van der Waals surface area (Å²) in [6.45, 7) is 4.88. The summed E-state index contributed by atoms with van der Waals surface area (Å²) in [5.41, 5.74) is 2.83. The zero-order chi connectivity index (χ0) is 17.6. The van der Waals surface area contributed by atoms with Gasteiger partial charge in [0.05, 0.1) is 6.54 Å². The van der Waals surface area contributed by atoms with Gasteiger partial charge in [0, 0.05) is 13.6 Å². The molecule has 0 saturated carbocycles. The second kappa shape index (κ2) is 8.25. The average molecular weight is 342 g/mol. The number of carbonyl (C=O) groups is 1. The lowest BCUT2D eigenvalue weighted by Gasteiger charge is -2.31. The number of piperidine rings is 1. The van der Waals surface area contributed by atoms with Gasteiger partial charge in [-0.1, -0.05) is 29.4 Å². The van der Waals surface area contributed by atoms with E-state index in [9.17, 15) is 4.79 Å². The minimum atomic E-state index is -0.315. The van der Waals surface area contributed by atoms with E-state index >= 15 is 0 Å². The fourth-order valence-corrected chi connectivity index (χ4v) is 3.50. The number of benzene rings is 1. The van der Waals surface area contributed by atoms with Crippen LogP contribution in [0.1, 0.15) is 46.9 Å². The van der Waals surface area contributed by atoms with Crippen molar-refractivity contribution in [3.05, 3.63) is 47.1 Å². The van der Waals surface area contributed by atoms with E-state index in [0.717, 1.165) is 19.5 Å². The summed E-state index contributed by atoms with van der Waals surface area (Å²) in [7, 11) is 1.56. The zero-order valence-corrected chi connectivity index (χ0v) is 15.0. The molecule has 1 aromatic heterocycles. The predicted octanol–water partition coefficient (Wildman–Crippen LogP) is 2.58. The maximum Gasteiger partial charge on any atom is 0.292 e. The van der Waals surface area contributed by atoms with Gasteiger partial charge >= 0.3 is 0 Å². The fourth-order valence-electron chi connectivity index (χ4n) is 3.50. The van der Waals surface area contributed by atoms with Gasteiger partial charge in [0.1, 0.15) is 0 Å². The minimum absolute atomic E-state index is 0.102. The number of likely N-dealkylation sites (tertiary alicyclic amines) is 1. The monoisotopic (exact) mass is 342 g/mol. The lowest BCUT2D eigenvalue weighted by Crippen LogP contribution is -2.35. The van der Waals surface area contributed by atoms with Crippen LogP contribution < -0.4 is 5.32 Å². The maximum atomic E-state index is 11.5. The van der Waals surface area contributed by atoms with Crippen LogP contribution in [0.15, 0.2) is 28.8 Å². The average Bonchev–Trinajstić information content (AvgIpc) is 3.09. The molecule has 6 nitrogen and oxygen atoms in total. The highest BCUT2D eigenvalue weighted by Crippen LogP contribution is 2.23. The van der Waals surface area contributed by atoms with Crippen molar-refractivity contribution in [2.75, 3.05) is 20.1 Å². The number of hydrogen-bond acceptors (Lipinski definition) is 5. The molecule has 1 aliphatic rings. The minimum Gasteiger partial charge on any atom is -0.352 e. The molecule has 1 aliphatic heterocycles. The van der Waals surface area contributed by atoms with Crippen LogP contribution in [0, 0.1) is 12.8 Å². The largest absolute Gasteiger partial charge is 0.352 e. The van der Waals surface area contributed by atoms with E-state index in [4.69, 9.17) is 4.52 Å². The number of amides is 1. The summed E-state index contributed by atoms with van der Waals surface area (Å²) in [6, 6.07) is 8.63. The van der Waals surface area contributed by atoms with Gasteiger partial charge in [-0.05, 0) is 56.2 Å². The van der Waals surface area contributed by atoms with Crippen molar-refractivity contribution in [1.29, 1.82) is 0 Å². The quantitative estimate of drug-likeness (QED) is 0.874. The van der Waals surface area contributed by atoms with E-state index in [1.165, 1.54) is 30.4 Å². The van der Waals surface area contributed by atoms with Crippen LogP contribution in [0.4, 0.5) is 0 Å². The lowest BCUT2D eigenvalue weighted by molar-refractivity contribution is 0.0950. The molecular weight excluding hydrogens is 316 g/mol. The van der Waals surface area contributed by atoms with Crippen LogP contribution in [0.25, 0.3) is 0 Å². The third kappa shape index (κ3) is 4.66. The van der Waals surface area contributed by atoms with Crippen LogP contribution in [-0.4, -0.2) is 41.1 Å². The molecule has 0 radical (unpaired) electrons. The Bertz CT molecular complexity index is 713. The summed E-state index contributed by atoms with van der Waals surface area (Å²) in [6.07, 6.45) is 4.80. The second-order valence-corrected chi connectivity index (χ2v) is 6.80. The smallest absolute Gasteiger partial charge is 0.292 e. The number of hydrogen-bond donors (Lipinski definition) is 1. The first-order valence-corrected chi connectivity index (χ1v) is 8.97. The van der Waals surface area contributed by atoms with Crippen molar-refractivity contribution in [1.82, 2.24) is 20.4 Å². The summed E-state index contributed by atoms with van der Waals surface area (Å²) in [4.78, 5) is 18.0. The van der Waals surface area contributed by atoms with Gasteiger partial charge in [0.15, 0.2) is 0 Å². The van der Waals surface area contributed by atoms with Gasteiger partial charge in [-0.25, -0.2) is 0 Å². The summed E-state index contributed by atoms with van der Waals surface area (Å²) >= 11 is 0. The van der Waals surface area contributed by atoms with E-state index in [0.29, 0.717) is 18.4 Å². The van der Waals surface area contributed by atoms with E-state index in [2.05, 4.69) is 51.5 Å². The molecule has 1 amide bonds. The Balaban J connectivity index is 1.52. The molecule has 25 heavy (non-hydrogen) atoms. The van der Waals surface area contributed by atoms with E-state index in [-0.39, 0.29) is 11.7 Å². The molecule has 1 atom stereocenters. The predicted molar refractivity (Wildman–Crippen MR) is 95.2 cm³/mol. The molecule has 3 rings (SSSR count). The molecule has 6 heteroatoms. The Kier molecular flexibility index (Phi) is 5.81. The number of aromatic nitrogens is 2. The molecule has 0 bridgehead atoms. The van der Waals surface area contributed by atoms with Gasteiger partial charge in [-0.3, -0.25) is 9.69 Å². The van der Waals surface area contributed by atoms with E-state index < -0.39 is 0 Å². The lowest BCUT2D eigenvalue weighted by atomic mass is 9.90. The van der Waals surface area contributed by atoms with Crippen LogP contribution in [0.5, 0.6) is 0 Å². The molecule has 134 valence electrons. The Morgan fingerprint density at radius 3 is 3.04 bits per heavy atom. The van der Waals surface area contributed by atoms with Crippen LogP contribution in [0.2, 0.25) is 0 Å². The van der Waals surface area contributed by atoms with Crippen molar-refractivity contribution >= 4 is 5.91 Å². The first-order valence-electron chi connectivity index (χ1n) is 8.97. The summed E-state index contributed by atoms with van der Waals surface area (Å²) in [5.74, 6) is 0.989. The Morgan fingerprint density at radius 2 is 2.24 bits per heavy atom. The van der Waals surface area contributed by atoms with Crippen LogP contribution in [-0.2, 0) is 13.0 Å². The molecule has 0 aliphatic carbocycles. The van der Waals surface area contributed by atoms with Crippen molar-refractivity contribution in [3.63, 3.8) is 0 Å². The normalized spacial score (nSPS) is 18.2. The first kappa shape index (κ1) is 17.6. The highest BCUT2D eigenvalue weighted by atomic mass is 16.5. The van der Waals surface area contributed by atoms with Gasteiger partial charge in [-0.2, -0.15) is 4.98 Å². The molecule has 1 saturated heterocycles. The van der Waals surface area contributed by atoms with Gasteiger partial charge in [-0.15, -0.1) is 0 Å². The number of nitrogens with one attached hydrogen (secondary N) is 1. The Labute approximate surface area is 148 Å². The molecule has 1 N–H and O–H groups in total. The van der Waals surface area contributed by atoms with Crippen molar-refractivity contribution in [2.45, 2.75) is 39.2 Å². The van der Waals surface area contributed by atoms with Gasteiger partial charge < -0.3 is 9.84 Å². The fraction of sp³-hybridized carbons (Fsp3) is 0.526. The van der Waals surface area contributed by atoms with Gasteiger partial charge in [0.2, 0.25) is 5.89 Å². The van der Waals surface area contributed by atoms with E-state index in [1.54, 1.807) is 7.05 Å². The molecule has 2 heterocycles. The van der Waals surface area contributed by atoms with Crippen LogP contribution in [0.3, 0.4) is 0 Å².